The van der Waals surface area contributed by atoms with Crippen molar-refractivity contribution in [3.05, 3.63) is 65.1 Å². The molecule has 1 aliphatic carbocycles. The maximum Gasteiger partial charge on any atom is 0.219 e. The molecule has 0 amide bonds. The Bertz CT molecular complexity index is 1210. The van der Waals surface area contributed by atoms with Gasteiger partial charge in [-0.25, -0.2) is 9.07 Å². The summed E-state index contributed by atoms with van der Waals surface area (Å²) in [7, 11) is 1.69. The van der Waals surface area contributed by atoms with Gasteiger partial charge in [0.05, 0.1) is 23.5 Å². The maximum atomic E-state index is 13.8. The number of hydrogen-bond donors (Lipinski definition) is 0. The SMILES string of the molecule is COc1c2ccc(Cl)cc2nn1CC1CCC(c2ccnc3ccc(F)cc23)CC1. The van der Waals surface area contributed by atoms with E-state index < -0.39 is 0 Å². The zero-order valence-corrected chi connectivity index (χ0v) is 17.6. The van der Waals surface area contributed by atoms with Gasteiger partial charge >= 0.3 is 0 Å². The first-order chi connectivity index (χ1) is 14.6. The average molecular weight is 424 g/mol. The number of nitrogens with zero attached hydrogens (tertiary/aromatic N) is 3. The lowest BCUT2D eigenvalue weighted by Crippen LogP contribution is -2.19. The van der Waals surface area contributed by atoms with Crippen LogP contribution in [-0.4, -0.2) is 21.9 Å². The van der Waals surface area contributed by atoms with Crippen molar-refractivity contribution in [2.45, 2.75) is 38.1 Å². The molecule has 4 nitrogen and oxygen atoms in total. The summed E-state index contributed by atoms with van der Waals surface area (Å²) in [4.78, 5) is 4.39. The second-order valence-electron chi connectivity index (χ2n) is 8.13. The highest BCUT2D eigenvalue weighted by Crippen LogP contribution is 2.39. The number of aromatic nitrogens is 3. The molecule has 30 heavy (non-hydrogen) atoms. The van der Waals surface area contributed by atoms with Crippen LogP contribution in [0, 0.1) is 11.7 Å². The van der Waals surface area contributed by atoms with Crippen molar-refractivity contribution in [1.82, 2.24) is 14.8 Å². The van der Waals surface area contributed by atoms with Gasteiger partial charge in [0.2, 0.25) is 5.88 Å². The first kappa shape index (κ1) is 19.3. The van der Waals surface area contributed by atoms with Crippen LogP contribution in [0.2, 0.25) is 5.02 Å². The summed E-state index contributed by atoms with van der Waals surface area (Å²) in [5.74, 6) is 1.55. The molecule has 0 saturated heterocycles. The Labute approximate surface area is 179 Å². The van der Waals surface area contributed by atoms with Gasteiger partial charge in [-0.3, -0.25) is 4.98 Å². The number of benzene rings is 2. The number of halogens is 2. The minimum atomic E-state index is -0.205. The van der Waals surface area contributed by atoms with E-state index in [1.807, 2.05) is 29.1 Å². The van der Waals surface area contributed by atoms with Crippen molar-refractivity contribution in [2.75, 3.05) is 7.11 Å². The lowest BCUT2D eigenvalue weighted by atomic mass is 9.78. The molecule has 0 aliphatic heterocycles. The van der Waals surface area contributed by atoms with Crippen LogP contribution >= 0.6 is 11.6 Å². The molecule has 5 rings (SSSR count). The summed E-state index contributed by atoms with van der Waals surface area (Å²) in [5.41, 5.74) is 2.94. The Morgan fingerprint density at radius 2 is 1.87 bits per heavy atom. The van der Waals surface area contributed by atoms with Gasteiger partial charge in [0, 0.05) is 23.2 Å². The monoisotopic (exact) mass is 423 g/mol. The van der Waals surface area contributed by atoms with Gasteiger partial charge in [0.1, 0.15) is 5.82 Å². The molecule has 0 bridgehead atoms. The molecule has 154 valence electrons. The van der Waals surface area contributed by atoms with E-state index in [9.17, 15) is 4.39 Å². The molecular formula is C24H23ClFN3O. The molecule has 4 aromatic rings. The third-order valence-electron chi connectivity index (χ3n) is 6.30. The number of ether oxygens (including phenoxy) is 1. The number of methoxy groups -OCH3 is 1. The van der Waals surface area contributed by atoms with E-state index in [0.717, 1.165) is 59.9 Å². The number of pyridine rings is 1. The molecule has 0 unspecified atom stereocenters. The molecule has 1 saturated carbocycles. The lowest BCUT2D eigenvalue weighted by Gasteiger charge is -2.29. The zero-order chi connectivity index (χ0) is 20.7. The van der Waals surface area contributed by atoms with Crippen LogP contribution in [0.4, 0.5) is 4.39 Å². The Hall–Kier alpha value is -2.66. The molecule has 0 atom stereocenters. The Kier molecular flexibility index (Phi) is 5.07. The second-order valence-corrected chi connectivity index (χ2v) is 8.57. The van der Waals surface area contributed by atoms with Crippen molar-refractivity contribution in [3.8, 4) is 5.88 Å². The molecule has 0 radical (unpaired) electrons. The van der Waals surface area contributed by atoms with E-state index in [1.54, 1.807) is 19.2 Å². The van der Waals surface area contributed by atoms with Gasteiger partial charge < -0.3 is 4.74 Å². The fourth-order valence-corrected chi connectivity index (χ4v) is 4.98. The van der Waals surface area contributed by atoms with Crippen LogP contribution in [0.3, 0.4) is 0 Å². The van der Waals surface area contributed by atoms with Crippen molar-refractivity contribution >= 4 is 33.4 Å². The molecule has 2 aromatic carbocycles. The van der Waals surface area contributed by atoms with Crippen molar-refractivity contribution in [1.29, 1.82) is 0 Å². The van der Waals surface area contributed by atoms with Crippen molar-refractivity contribution < 1.29 is 9.13 Å². The standard InChI is InChI=1S/C24H23ClFN3O/c1-30-24-20-8-6-17(25)12-23(20)28-29(24)14-15-2-4-16(5-3-15)19-10-11-27-22-9-7-18(26)13-21(19)22/h6-13,15-16H,2-5,14H2,1H3. The van der Waals surface area contributed by atoms with Crippen LogP contribution in [0.15, 0.2) is 48.7 Å². The van der Waals surface area contributed by atoms with E-state index in [-0.39, 0.29) is 5.82 Å². The van der Waals surface area contributed by atoms with E-state index >= 15 is 0 Å². The van der Waals surface area contributed by atoms with Gasteiger partial charge in [-0.15, -0.1) is 0 Å². The Balaban J connectivity index is 1.34. The predicted octanol–water partition coefficient (Wildman–Crippen LogP) is 6.36. The van der Waals surface area contributed by atoms with E-state index in [0.29, 0.717) is 16.9 Å². The van der Waals surface area contributed by atoms with Crippen LogP contribution in [0.5, 0.6) is 5.88 Å². The first-order valence-corrected chi connectivity index (χ1v) is 10.7. The number of hydrogen-bond acceptors (Lipinski definition) is 3. The minimum absolute atomic E-state index is 0.205. The minimum Gasteiger partial charge on any atom is -0.481 e. The summed E-state index contributed by atoms with van der Waals surface area (Å²) < 4.78 is 21.4. The summed E-state index contributed by atoms with van der Waals surface area (Å²) in [6, 6.07) is 12.6. The summed E-state index contributed by atoms with van der Waals surface area (Å²) >= 11 is 6.12. The van der Waals surface area contributed by atoms with E-state index in [1.165, 1.54) is 11.6 Å². The smallest absolute Gasteiger partial charge is 0.219 e. The zero-order valence-electron chi connectivity index (χ0n) is 16.8. The quantitative estimate of drug-likeness (QED) is 0.383. The fourth-order valence-electron chi connectivity index (χ4n) is 4.82. The molecule has 6 heteroatoms. The van der Waals surface area contributed by atoms with Crippen LogP contribution in [-0.2, 0) is 6.54 Å². The van der Waals surface area contributed by atoms with Crippen LogP contribution in [0.1, 0.15) is 37.2 Å². The van der Waals surface area contributed by atoms with Gasteiger partial charge in [-0.05, 0) is 85.5 Å². The Morgan fingerprint density at radius 1 is 1.03 bits per heavy atom. The second kappa shape index (κ2) is 7.88. The maximum absolute atomic E-state index is 13.8. The van der Waals surface area contributed by atoms with Gasteiger partial charge in [-0.1, -0.05) is 11.6 Å². The molecular weight excluding hydrogens is 401 g/mol. The topological polar surface area (TPSA) is 39.9 Å². The fraction of sp³-hybridized carbons (Fsp3) is 0.333. The van der Waals surface area contributed by atoms with Crippen LogP contribution < -0.4 is 4.74 Å². The molecule has 0 spiro atoms. The largest absolute Gasteiger partial charge is 0.481 e. The van der Waals surface area contributed by atoms with Gasteiger partial charge in [-0.2, -0.15) is 5.10 Å². The molecule has 2 aromatic heterocycles. The highest BCUT2D eigenvalue weighted by molar-refractivity contribution is 6.31. The Morgan fingerprint density at radius 3 is 2.67 bits per heavy atom. The van der Waals surface area contributed by atoms with Gasteiger partial charge in [0.25, 0.3) is 0 Å². The lowest BCUT2D eigenvalue weighted by molar-refractivity contribution is 0.267. The van der Waals surface area contributed by atoms with Gasteiger partial charge in [0.15, 0.2) is 0 Å². The summed E-state index contributed by atoms with van der Waals surface area (Å²) in [6.45, 7) is 0.827. The predicted molar refractivity (Wildman–Crippen MR) is 118 cm³/mol. The number of fused-ring (bicyclic) bond motifs is 2. The van der Waals surface area contributed by atoms with Crippen molar-refractivity contribution in [2.24, 2.45) is 5.92 Å². The highest BCUT2D eigenvalue weighted by Gasteiger charge is 2.25. The summed E-state index contributed by atoms with van der Waals surface area (Å²) in [6.07, 6.45) is 6.20. The van der Waals surface area contributed by atoms with E-state index in [4.69, 9.17) is 21.4 Å². The average Bonchev–Trinajstić information content (AvgIpc) is 3.09. The first-order valence-electron chi connectivity index (χ1n) is 10.4. The molecule has 2 heterocycles. The summed E-state index contributed by atoms with van der Waals surface area (Å²) in [5, 5.41) is 7.33. The third-order valence-corrected chi connectivity index (χ3v) is 6.54. The highest BCUT2D eigenvalue weighted by atomic mass is 35.5. The third kappa shape index (κ3) is 3.52. The normalized spacial score (nSPS) is 19.4. The number of rotatable bonds is 4. The molecule has 0 N–H and O–H groups in total. The van der Waals surface area contributed by atoms with Crippen LogP contribution in [0.25, 0.3) is 21.8 Å². The molecule has 1 fully saturated rings. The molecule has 1 aliphatic rings. The van der Waals surface area contributed by atoms with E-state index in [2.05, 4.69) is 11.1 Å². The van der Waals surface area contributed by atoms with Crippen molar-refractivity contribution in [3.63, 3.8) is 0 Å².